The van der Waals surface area contributed by atoms with Gasteiger partial charge in [-0.05, 0) is 24.6 Å². The molecule has 8 nitrogen and oxygen atoms in total. The smallest absolute Gasteiger partial charge is 0.414 e. The third-order valence-electron chi connectivity index (χ3n) is 6.20. The van der Waals surface area contributed by atoms with Gasteiger partial charge in [0.2, 0.25) is 0 Å². The number of nitrogens with zero attached hydrogens (tertiary/aromatic N) is 5. The quantitative estimate of drug-likeness (QED) is 0.640. The van der Waals surface area contributed by atoms with Crippen molar-refractivity contribution < 1.29 is 13.9 Å². The molecule has 2 aromatic rings. The van der Waals surface area contributed by atoms with Gasteiger partial charge in [-0.25, -0.2) is 9.18 Å². The highest BCUT2D eigenvalue weighted by Crippen LogP contribution is 2.29. The molecular formula is C25H31FN6O2. The fourth-order valence-corrected chi connectivity index (χ4v) is 4.32. The Labute approximate surface area is 199 Å². The highest BCUT2D eigenvalue weighted by Gasteiger charge is 2.32. The van der Waals surface area contributed by atoms with Gasteiger partial charge < -0.3 is 19.1 Å². The third kappa shape index (κ3) is 5.30. The maximum atomic E-state index is 15.0. The van der Waals surface area contributed by atoms with Crippen LogP contribution in [0.1, 0.15) is 26.2 Å². The van der Waals surface area contributed by atoms with E-state index >= 15 is 0 Å². The van der Waals surface area contributed by atoms with Gasteiger partial charge in [0.05, 0.1) is 24.1 Å². The molecule has 2 aliphatic rings. The van der Waals surface area contributed by atoms with Crippen molar-refractivity contribution in [3.8, 4) is 0 Å². The maximum Gasteiger partial charge on any atom is 0.414 e. The Kier molecular flexibility index (Phi) is 7.30. The average Bonchev–Trinajstić information content (AvgIpc) is 3.20. The van der Waals surface area contributed by atoms with Gasteiger partial charge in [-0.1, -0.05) is 26.0 Å². The lowest BCUT2D eigenvalue weighted by atomic mass is 10.1. The summed E-state index contributed by atoms with van der Waals surface area (Å²) in [6.07, 6.45) is 10.5. The van der Waals surface area contributed by atoms with E-state index < -0.39 is 6.09 Å². The molecule has 0 spiro atoms. The fourth-order valence-electron chi connectivity index (χ4n) is 4.32. The molecule has 0 radical (unpaired) electrons. The van der Waals surface area contributed by atoms with E-state index in [9.17, 15) is 9.18 Å². The number of carbonyl (C=O) groups excluding carboxylic acids is 1. The molecule has 1 N–H and O–H groups in total. The van der Waals surface area contributed by atoms with Crippen LogP contribution in [0, 0.1) is 11.2 Å². The summed E-state index contributed by atoms with van der Waals surface area (Å²) in [6.45, 7) is 9.56. The summed E-state index contributed by atoms with van der Waals surface area (Å²) in [5, 5.41) is 7.83. The van der Waals surface area contributed by atoms with E-state index in [4.69, 9.17) is 10.1 Å². The molecule has 1 aromatic heterocycles. The normalized spacial score (nSPS) is 18.6. The molecule has 34 heavy (non-hydrogen) atoms. The van der Waals surface area contributed by atoms with Crippen LogP contribution in [-0.2, 0) is 4.74 Å². The Hall–Kier alpha value is -3.62. The number of benzene rings is 1. The number of piperazine rings is 1. The highest BCUT2D eigenvalue weighted by atomic mass is 19.1. The lowest BCUT2D eigenvalue weighted by molar-refractivity contribution is 0.136. The Bertz CT molecular complexity index is 1120. The Morgan fingerprint density at radius 3 is 2.82 bits per heavy atom. The van der Waals surface area contributed by atoms with Gasteiger partial charge in [0.1, 0.15) is 17.4 Å². The minimum absolute atomic E-state index is 0.131. The summed E-state index contributed by atoms with van der Waals surface area (Å²) in [4.78, 5) is 21.8. The second-order valence-corrected chi connectivity index (χ2v) is 8.54. The molecule has 2 aliphatic heterocycles. The molecule has 9 heteroatoms. The number of halogens is 1. The number of hydrogen-bond acceptors (Lipinski definition) is 6. The summed E-state index contributed by atoms with van der Waals surface area (Å²) in [5.74, 6) is -0.333. The van der Waals surface area contributed by atoms with Crippen molar-refractivity contribution in [2.75, 3.05) is 42.5 Å². The Morgan fingerprint density at radius 1 is 1.32 bits per heavy atom. The molecule has 180 valence electrons. The molecule has 2 fully saturated rings. The SMILES string of the molecule is C=C(C/C=C/n1ccncc1=N)N1CCN(c2ccc(N3CC(CCC)OC3=O)cc2F)CC1. The van der Waals surface area contributed by atoms with Crippen molar-refractivity contribution in [2.24, 2.45) is 0 Å². The number of cyclic esters (lactones) is 1. The van der Waals surface area contributed by atoms with E-state index in [-0.39, 0.29) is 11.9 Å². The van der Waals surface area contributed by atoms with E-state index in [1.807, 2.05) is 24.1 Å². The molecule has 3 heterocycles. The summed E-state index contributed by atoms with van der Waals surface area (Å²) < 4.78 is 22.1. The first kappa shape index (κ1) is 23.5. The molecule has 2 saturated heterocycles. The van der Waals surface area contributed by atoms with Crippen molar-refractivity contribution in [3.63, 3.8) is 0 Å². The van der Waals surface area contributed by atoms with Crippen LogP contribution >= 0.6 is 0 Å². The van der Waals surface area contributed by atoms with Crippen LogP contribution in [0.25, 0.3) is 6.20 Å². The summed E-state index contributed by atoms with van der Waals surface area (Å²) in [7, 11) is 0. The summed E-state index contributed by atoms with van der Waals surface area (Å²) in [6, 6.07) is 4.97. The number of carbonyl (C=O) groups is 1. The zero-order valence-corrected chi connectivity index (χ0v) is 19.5. The van der Waals surface area contributed by atoms with Gasteiger partial charge in [0.25, 0.3) is 0 Å². The van der Waals surface area contributed by atoms with Crippen LogP contribution in [0.4, 0.5) is 20.6 Å². The largest absolute Gasteiger partial charge is 0.444 e. The fraction of sp³-hybridized carbons (Fsp3) is 0.400. The standard InChI is InChI=1S/C25H31FN6O2/c1-3-5-21-18-32(25(33)34-21)20-7-8-23(22(26)16-20)30-14-12-29(13-15-30)19(2)6-4-10-31-11-9-28-17-24(31)27/h4,7-11,16-17,21,27H,2-3,5-6,12-15,18H2,1H3/b10-4+,27-24?. The lowest BCUT2D eigenvalue weighted by Gasteiger charge is -2.38. The van der Waals surface area contributed by atoms with E-state index in [1.165, 1.54) is 17.2 Å². The predicted molar refractivity (Wildman–Crippen MR) is 130 cm³/mol. The summed E-state index contributed by atoms with van der Waals surface area (Å²) in [5.41, 5.74) is 2.38. The van der Waals surface area contributed by atoms with Crippen LogP contribution in [0.5, 0.6) is 0 Å². The van der Waals surface area contributed by atoms with Crippen LogP contribution in [-0.4, -0.2) is 59.4 Å². The Balaban J connectivity index is 1.31. The highest BCUT2D eigenvalue weighted by molar-refractivity contribution is 5.90. The minimum atomic E-state index is -0.409. The molecule has 0 bridgehead atoms. The first-order valence-corrected chi connectivity index (χ1v) is 11.6. The van der Waals surface area contributed by atoms with E-state index in [2.05, 4.69) is 16.5 Å². The molecule has 0 aliphatic carbocycles. The lowest BCUT2D eigenvalue weighted by Crippen LogP contribution is -2.46. The zero-order valence-electron chi connectivity index (χ0n) is 19.5. The zero-order chi connectivity index (χ0) is 24.1. The molecule has 1 amide bonds. The van der Waals surface area contributed by atoms with Gasteiger partial charge in [-0.2, -0.15) is 0 Å². The monoisotopic (exact) mass is 466 g/mol. The number of nitrogens with one attached hydrogen (secondary N) is 1. The number of ether oxygens (including phenoxy) is 1. The number of anilines is 2. The third-order valence-corrected chi connectivity index (χ3v) is 6.20. The van der Waals surface area contributed by atoms with Crippen molar-refractivity contribution in [1.82, 2.24) is 14.5 Å². The van der Waals surface area contributed by atoms with Crippen LogP contribution in [0.15, 0.2) is 55.1 Å². The topological polar surface area (TPSA) is 77.7 Å². The van der Waals surface area contributed by atoms with E-state index in [1.54, 1.807) is 29.1 Å². The second-order valence-electron chi connectivity index (χ2n) is 8.54. The van der Waals surface area contributed by atoms with Crippen molar-refractivity contribution >= 4 is 23.7 Å². The number of rotatable bonds is 8. The number of amides is 1. The van der Waals surface area contributed by atoms with Gasteiger partial charge in [-0.15, -0.1) is 0 Å². The van der Waals surface area contributed by atoms with Crippen LogP contribution in [0.3, 0.4) is 0 Å². The number of hydrogen-bond donors (Lipinski definition) is 1. The Morgan fingerprint density at radius 2 is 2.12 bits per heavy atom. The molecule has 4 rings (SSSR count). The predicted octanol–water partition coefficient (Wildman–Crippen LogP) is 3.82. The first-order chi connectivity index (χ1) is 16.5. The van der Waals surface area contributed by atoms with Crippen molar-refractivity contribution in [2.45, 2.75) is 32.3 Å². The summed E-state index contributed by atoms with van der Waals surface area (Å²) >= 11 is 0. The molecule has 0 saturated carbocycles. The molecule has 1 aromatic carbocycles. The average molecular weight is 467 g/mol. The second kappa shape index (κ2) is 10.5. The number of aromatic nitrogens is 2. The van der Waals surface area contributed by atoms with Gasteiger partial charge in [-0.3, -0.25) is 15.3 Å². The van der Waals surface area contributed by atoms with E-state index in [0.717, 1.165) is 31.6 Å². The maximum absolute atomic E-state index is 15.0. The van der Waals surface area contributed by atoms with Crippen molar-refractivity contribution in [3.05, 3.63) is 66.4 Å². The minimum Gasteiger partial charge on any atom is -0.444 e. The van der Waals surface area contributed by atoms with E-state index in [0.29, 0.717) is 42.9 Å². The number of allylic oxidation sites excluding steroid dienone is 1. The first-order valence-electron chi connectivity index (χ1n) is 11.6. The van der Waals surface area contributed by atoms with Crippen molar-refractivity contribution in [1.29, 1.82) is 5.41 Å². The van der Waals surface area contributed by atoms with Gasteiger partial charge in [0.15, 0.2) is 0 Å². The molecular weight excluding hydrogens is 435 g/mol. The van der Waals surface area contributed by atoms with Crippen LogP contribution in [0.2, 0.25) is 0 Å². The van der Waals surface area contributed by atoms with Gasteiger partial charge >= 0.3 is 6.09 Å². The van der Waals surface area contributed by atoms with Gasteiger partial charge in [0, 0.05) is 56.9 Å². The molecule has 1 atom stereocenters. The molecule has 1 unspecified atom stereocenters. The van der Waals surface area contributed by atoms with Crippen LogP contribution < -0.4 is 15.3 Å².